The van der Waals surface area contributed by atoms with Crippen molar-refractivity contribution in [1.82, 2.24) is 10.2 Å². The zero-order valence-electron chi connectivity index (χ0n) is 21.5. The van der Waals surface area contributed by atoms with Gasteiger partial charge in [0.15, 0.2) is 0 Å². The summed E-state index contributed by atoms with van der Waals surface area (Å²) in [5, 5.41) is 14.8. The molecule has 2 amide bonds. The van der Waals surface area contributed by atoms with Crippen LogP contribution in [-0.4, -0.2) is 40.8 Å². The number of para-hydroxylation sites is 1. The molecule has 1 aliphatic carbocycles. The molecule has 38 heavy (non-hydrogen) atoms. The third-order valence-electron chi connectivity index (χ3n) is 6.99. The second kappa shape index (κ2) is 12.9. The van der Waals surface area contributed by atoms with Gasteiger partial charge in [0.25, 0.3) is 5.69 Å². The van der Waals surface area contributed by atoms with Gasteiger partial charge in [-0.15, -0.1) is 0 Å². The van der Waals surface area contributed by atoms with E-state index in [0.29, 0.717) is 17.7 Å². The largest absolute Gasteiger partial charge is 0.497 e. The molecule has 8 heteroatoms. The molecule has 1 aliphatic rings. The molecule has 8 nitrogen and oxygen atoms in total. The maximum absolute atomic E-state index is 13.9. The first-order valence-electron chi connectivity index (χ1n) is 12.9. The van der Waals surface area contributed by atoms with E-state index in [4.69, 9.17) is 4.74 Å². The van der Waals surface area contributed by atoms with Gasteiger partial charge in [-0.3, -0.25) is 19.7 Å². The Labute approximate surface area is 222 Å². The molecule has 0 unspecified atom stereocenters. The second-order valence-corrected chi connectivity index (χ2v) is 9.63. The van der Waals surface area contributed by atoms with Gasteiger partial charge >= 0.3 is 0 Å². The Morgan fingerprint density at radius 2 is 1.68 bits per heavy atom. The first-order valence-corrected chi connectivity index (χ1v) is 12.9. The van der Waals surface area contributed by atoms with Crippen LogP contribution in [0.4, 0.5) is 5.69 Å². The molecule has 3 aromatic rings. The van der Waals surface area contributed by atoms with Gasteiger partial charge in [-0.1, -0.05) is 73.5 Å². The van der Waals surface area contributed by atoms with Crippen LogP contribution in [0.5, 0.6) is 5.75 Å². The lowest BCUT2D eigenvalue weighted by Gasteiger charge is -2.32. The minimum atomic E-state index is -0.792. The second-order valence-electron chi connectivity index (χ2n) is 9.63. The molecule has 1 N–H and O–H groups in total. The van der Waals surface area contributed by atoms with E-state index in [-0.39, 0.29) is 36.5 Å². The van der Waals surface area contributed by atoms with Crippen molar-refractivity contribution in [2.75, 3.05) is 7.11 Å². The van der Waals surface area contributed by atoms with Crippen molar-refractivity contribution in [2.45, 2.75) is 57.2 Å². The zero-order chi connectivity index (χ0) is 26.9. The summed E-state index contributed by atoms with van der Waals surface area (Å²) < 4.78 is 5.37. The fourth-order valence-corrected chi connectivity index (χ4v) is 4.99. The summed E-state index contributed by atoms with van der Waals surface area (Å²) >= 11 is 0. The highest BCUT2D eigenvalue weighted by molar-refractivity contribution is 5.89. The smallest absolute Gasteiger partial charge is 0.273 e. The number of nitro groups is 1. The number of carbonyl (C=O) groups is 2. The van der Waals surface area contributed by atoms with Crippen molar-refractivity contribution in [3.05, 3.63) is 106 Å². The monoisotopic (exact) mass is 515 g/mol. The van der Waals surface area contributed by atoms with E-state index < -0.39 is 11.0 Å². The SMILES string of the molecule is COc1cccc(CN(C(=O)Cc2ccccc2[N+](=O)[O-])[C@@H](Cc2ccccc2)C(=O)NC2CCCC2)c1. The number of hydrogen-bond donors (Lipinski definition) is 1. The molecule has 0 radical (unpaired) electrons. The molecule has 198 valence electrons. The molecule has 1 saturated carbocycles. The molecule has 3 aromatic carbocycles. The van der Waals surface area contributed by atoms with Gasteiger partial charge in [0, 0.05) is 30.6 Å². The lowest BCUT2D eigenvalue weighted by Crippen LogP contribution is -2.52. The highest BCUT2D eigenvalue weighted by Gasteiger charge is 2.33. The number of rotatable bonds is 11. The standard InChI is InChI=1S/C30H33N3O5/c1-38-26-16-9-12-23(18-26)21-32(29(34)20-24-13-5-8-17-27(24)33(36)37)28(19-22-10-3-2-4-11-22)30(35)31-25-14-6-7-15-25/h2-5,8-13,16-18,25,28H,6-7,14-15,19-21H2,1H3,(H,31,35)/t28-/m0/s1. The third-order valence-corrected chi connectivity index (χ3v) is 6.99. The molecule has 0 heterocycles. The van der Waals surface area contributed by atoms with Crippen LogP contribution in [0.2, 0.25) is 0 Å². The first-order chi connectivity index (χ1) is 18.4. The summed E-state index contributed by atoms with van der Waals surface area (Å²) in [6.45, 7) is 0.159. The van der Waals surface area contributed by atoms with Crippen LogP contribution < -0.4 is 10.1 Å². The van der Waals surface area contributed by atoms with E-state index in [9.17, 15) is 19.7 Å². The van der Waals surface area contributed by atoms with Crippen molar-refractivity contribution in [3.8, 4) is 5.75 Å². The number of hydrogen-bond acceptors (Lipinski definition) is 5. The van der Waals surface area contributed by atoms with E-state index in [1.807, 2.05) is 54.6 Å². The van der Waals surface area contributed by atoms with Crippen LogP contribution in [0, 0.1) is 10.1 Å². The van der Waals surface area contributed by atoms with Crippen molar-refractivity contribution in [2.24, 2.45) is 0 Å². The van der Waals surface area contributed by atoms with Crippen molar-refractivity contribution >= 4 is 17.5 Å². The van der Waals surface area contributed by atoms with Crippen molar-refractivity contribution in [1.29, 1.82) is 0 Å². The van der Waals surface area contributed by atoms with Gasteiger partial charge in [-0.2, -0.15) is 0 Å². The number of nitro benzene ring substituents is 1. The van der Waals surface area contributed by atoms with Gasteiger partial charge in [-0.05, 0) is 36.1 Å². The molecular weight excluding hydrogens is 482 g/mol. The first kappa shape index (κ1) is 26.9. The minimum Gasteiger partial charge on any atom is -0.497 e. The number of nitrogens with one attached hydrogen (secondary N) is 1. The van der Waals surface area contributed by atoms with Crippen molar-refractivity contribution < 1.29 is 19.2 Å². The number of nitrogens with zero attached hydrogens (tertiary/aromatic N) is 2. The van der Waals surface area contributed by atoms with E-state index in [1.54, 1.807) is 30.2 Å². The van der Waals surface area contributed by atoms with Gasteiger partial charge in [0.1, 0.15) is 11.8 Å². The lowest BCUT2D eigenvalue weighted by atomic mass is 10.0. The molecule has 4 rings (SSSR count). The lowest BCUT2D eigenvalue weighted by molar-refractivity contribution is -0.385. The van der Waals surface area contributed by atoms with Crippen LogP contribution in [-0.2, 0) is 29.0 Å². The maximum Gasteiger partial charge on any atom is 0.273 e. The maximum atomic E-state index is 13.9. The summed E-state index contributed by atoms with van der Waals surface area (Å²) in [7, 11) is 1.57. The number of carbonyl (C=O) groups excluding carboxylic acids is 2. The molecule has 1 fully saturated rings. The summed E-state index contributed by atoms with van der Waals surface area (Å²) in [4.78, 5) is 40.4. The number of benzene rings is 3. The minimum absolute atomic E-state index is 0.0877. The summed E-state index contributed by atoms with van der Waals surface area (Å²) in [6, 6.07) is 22.5. The molecule has 0 aromatic heterocycles. The Morgan fingerprint density at radius 3 is 2.39 bits per heavy atom. The quantitative estimate of drug-likeness (QED) is 0.291. The summed E-state index contributed by atoms with van der Waals surface area (Å²) in [5.74, 6) is 0.0767. The third kappa shape index (κ3) is 6.97. The Hall–Kier alpha value is -4.20. The average molecular weight is 516 g/mol. The summed E-state index contributed by atoms with van der Waals surface area (Å²) in [5.41, 5.74) is 1.92. The molecular formula is C30H33N3O5. The molecule has 0 saturated heterocycles. The van der Waals surface area contributed by atoms with Crippen LogP contribution >= 0.6 is 0 Å². The molecule has 0 spiro atoms. The predicted octanol–water partition coefficient (Wildman–Crippen LogP) is 4.84. The fourth-order valence-electron chi connectivity index (χ4n) is 4.99. The number of amides is 2. The van der Waals surface area contributed by atoms with Crippen LogP contribution in [0.3, 0.4) is 0 Å². The Bertz CT molecular complexity index is 1260. The average Bonchev–Trinajstić information content (AvgIpc) is 3.44. The molecule has 0 aliphatic heterocycles. The topological polar surface area (TPSA) is 102 Å². The Morgan fingerprint density at radius 1 is 1.00 bits per heavy atom. The zero-order valence-corrected chi connectivity index (χ0v) is 21.5. The van der Waals surface area contributed by atoms with Gasteiger partial charge in [0.05, 0.1) is 18.5 Å². The normalized spacial score (nSPS) is 14.0. The highest BCUT2D eigenvalue weighted by Crippen LogP contribution is 2.24. The fraction of sp³-hybridized carbons (Fsp3) is 0.333. The molecule has 0 bridgehead atoms. The van der Waals surface area contributed by atoms with E-state index in [0.717, 1.165) is 36.8 Å². The van der Waals surface area contributed by atoms with Gasteiger partial charge in [-0.25, -0.2) is 0 Å². The van der Waals surface area contributed by atoms with Crippen LogP contribution in [0.25, 0.3) is 0 Å². The predicted molar refractivity (Wildman–Crippen MR) is 145 cm³/mol. The van der Waals surface area contributed by atoms with Crippen LogP contribution in [0.1, 0.15) is 42.4 Å². The van der Waals surface area contributed by atoms with Gasteiger partial charge in [0.2, 0.25) is 11.8 Å². The van der Waals surface area contributed by atoms with Crippen LogP contribution in [0.15, 0.2) is 78.9 Å². The Kier molecular flexibility index (Phi) is 9.08. The van der Waals surface area contributed by atoms with Crippen molar-refractivity contribution in [3.63, 3.8) is 0 Å². The van der Waals surface area contributed by atoms with E-state index in [1.165, 1.54) is 6.07 Å². The van der Waals surface area contributed by atoms with E-state index in [2.05, 4.69) is 5.32 Å². The highest BCUT2D eigenvalue weighted by atomic mass is 16.6. The van der Waals surface area contributed by atoms with Gasteiger partial charge < -0.3 is 15.0 Å². The number of ether oxygens (including phenoxy) is 1. The van der Waals surface area contributed by atoms with E-state index >= 15 is 0 Å². The summed E-state index contributed by atoms with van der Waals surface area (Å²) in [6.07, 6.45) is 4.11. The number of methoxy groups -OCH3 is 1. The molecule has 1 atom stereocenters. The Balaban J connectivity index is 1.70.